The van der Waals surface area contributed by atoms with Crippen LogP contribution in [0.25, 0.3) is 11.8 Å². The van der Waals surface area contributed by atoms with Crippen molar-refractivity contribution in [3.8, 4) is 5.69 Å². The molecule has 2 aromatic carbocycles. The Hall–Kier alpha value is -4.13. The van der Waals surface area contributed by atoms with Crippen LogP contribution in [0.1, 0.15) is 33.6 Å². The summed E-state index contributed by atoms with van der Waals surface area (Å²) in [5, 5.41) is 5.33. The first-order chi connectivity index (χ1) is 16.1. The quantitative estimate of drug-likeness (QED) is 0.436. The van der Waals surface area contributed by atoms with E-state index in [0.717, 1.165) is 33.1 Å². The van der Waals surface area contributed by atoms with Crippen LogP contribution >= 0.6 is 0 Å². The van der Waals surface area contributed by atoms with Gasteiger partial charge < -0.3 is 15.2 Å². The predicted molar refractivity (Wildman–Crippen MR) is 133 cm³/mol. The van der Waals surface area contributed by atoms with Gasteiger partial charge in [-0.25, -0.2) is 9.69 Å². The highest BCUT2D eigenvalue weighted by Crippen LogP contribution is 2.25. The molecule has 1 aliphatic heterocycles. The largest absolute Gasteiger partial charge is 0.329 e. The molecule has 2 N–H and O–H groups in total. The van der Waals surface area contributed by atoms with Crippen LogP contribution in [0, 0.1) is 34.6 Å². The van der Waals surface area contributed by atoms with Crippen molar-refractivity contribution in [2.75, 3.05) is 11.9 Å². The molecule has 0 aliphatic carbocycles. The number of rotatable bonds is 5. The Bertz CT molecular complexity index is 1350. The first kappa shape index (κ1) is 23.0. The van der Waals surface area contributed by atoms with E-state index in [2.05, 4.69) is 47.2 Å². The van der Waals surface area contributed by atoms with Crippen molar-refractivity contribution >= 4 is 29.6 Å². The fourth-order valence-electron chi connectivity index (χ4n) is 4.13. The maximum atomic E-state index is 12.9. The lowest BCUT2D eigenvalue weighted by molar-refractivity contribution is -0.127. The summed E-state index contributed by atoms with van der Waals surface area (Å²) in [6.45, 7) is 9.68. The SMILES string of the molecule is Cc1cccc(NC(=O)CN2C(=O)N/C(=C\c3cc(C)n(-c4ccc(C)c(C)c4)c3C)C2=O)c1. The highest BCUT2D eigenvalue weighted by molar-refractivity contribution is 6.16. The molecule has 7 nitrogen and oxygen atoms in total. The zero-order valence-corrected chi connectivity index (χ0v) is 20.0. The minimum Gasteiger partial charge on any atom is -0.325 e. The van der Waals surface area contributed by atoms with Crippen molar-refractivity contribution in [2.24, 2.45) is 0 Å². The van der Waals surface area contributed by atoms with Crippen LogP contribution in [0.15, 0.2) is 54.2 Å². The molecule has 3 aromatic rings. The summed E-state index contributed by atoms with van der Waals surface area (Å²) in [6.07, 6.45) is 1.67. The first-order valence-electron chi connectivity index (χ1n) is 11.1. The highest BCUT2D eigenvalue weighted by Gasteiger charge is 2.35. The number of nitrogens with zero attached hydrogens (tertiary/aromatic N) is 2. The van der Waals surface area contributed by atoms with Gasteiger partial charge >= 0.3 is 6.03 Å². The Morgan fingerprint density at radius 2 is 1.74 bits per heavy atom. The van der Waals surface area contributed by atoms with Crippen molar-refractivity contribution in [2.45, 2.75) is 34.6 Å². The van der Waals surface area contributed by atoms with Gasteiger partial charge in [-0.05, 0) is 93.3 Å². The summed E-state index contributed by atoms with van der Waals surface area (Å²) in [5.41, 5.74) is 8.01. The average molecular weight is 457 g/mol. The topological polar surface area (TPSA) is 83.4 Å². The second kappa shape index (κ2) is 9.02. The molecular weight excluding hydrogens is 428 g/mol. The second-order valence-corrected chi connectivity index (χ2v) is 8.73. The molecule has 0 atom stereocenters. The van der Waals surface area contributed by atoms with E-state index in [1.54, 1.807) is 12.1 Å². The molecule has 0 spiro atoms. The smallest absolute Gasteiger partial charge is 0.325 e. The van der Waals surface area contributed by atoms with E-state index in [1.165, 1.54) is 11.1 Å². The van der Waals surface area contributed by atoms with E-state index >= 15 is 0 Å². The first-order valence-corrected chi connectivity index (χ1v) is 11.1. The number of hydrogen-bond donors (Lipinski definition) is 2. The van der Waals surface area contributed by atoms with Gasteiger partial charge in [0.2, 0.25) is 5.91 Å². The van der Waals surface area contributed by atoms with Gasteiger partial charge in [0.25, 0.3) is 5.91 Å². The minimum atomic E-state index is -0.612. The van der Waals surface area contributed by atoms with Gasteiger partial charge in [-0.1, -0.05) is 18.2 Å². The van der Waals surface area contributed by atoms with E-state index in [4.69, 9.17) is 0 Å². The fraction of sp³-hybridized carbons (Fsp3) is 0.222. The summed E-state index contributed by atoms with van der Waals surface area (Å²) < 4.78 is 2.12. The number of urea groups is 1. The van der Waals surface area contributed by atoms with Gasteiger partial charge in [0, 0.05) is 22.8 Å². The molecule has 0 unspecified atom stereocenters. The summed E-state index contributed by atoms with van der Waals surface area (Å²) in [4.78, 5) is 38.7. The van der Waals surface area contributed by atoms with Gasteiger partial charge in [-0.15, -0.1) is 0 Å². The molecule has 2 heterocycles. The lowest BCUT2D eigenvalue weighted by atomic mass is 10.1. The monoisotopic (exact) mass is 456 g/mol. The van der Waals surface area contributed by atoms with Crippen LogP contribution in [0.4, 0.5) is 10.5 Å². The van der Waals surface area contributed by atoms with Crippen LogP contribution < -0.4 is 10.6 Å². The molecule has 1 saturated heterocycles. The Morgan fingerprint density at radius 1 is 0.971 bits per heavy atom. The summed E-state index contributed by atoms with van der Waals surface area (Å²) in [5.74, 6) is -0.969. The van der Waals surface area contributed by atoms with Crippen LogP contribution in [0.2, 0.25) is 0 Å². The van der Waals surface area contributed by atoms with Gasteiger partial charge in [-0.2, -0.15) is 0 Å². The molecule has 34 heavy (non-hydrogen) atoms. The van der Waals surface area contributed by atoms with Crippen molar-refractivity contribution in [1.82, 2.24) is 14.8 Å². The Kier molecular flexibility index (Phi) is 6.11. The van der Waals surface area contributed by atoms with Gasteiger partial charge in [0.15, 0.2) is 0 Å². The molecular formula is C27H28N4O3. The van der Waals surface area contributed by atoms with Crippen molar-refractivity contribution in [3.05, 3.63) is 87.9 Å². The number of imide groups is 1. The second-order valence-electron chi connectivity index (χ2n) is 8.73. The number of nitrogens with one attached hydrogen (secondary N) is 2. The zero-order valence-electron chi connectivity index (χ0n) is 20.0. The molecule has 1 aliphatic rings. The lowest BCUT2D eigenvalue weighted by Gasteiger charge is -2.12. The normalized spacial score (nSPS) is 14.6. The lowest BCUT2D eigenvalue weighted by Crippen LogP contribution is -2.38. The summed E-state index contributed by atoms with van der Waals surface area (Å²) >= 11 is 0. The third kappa shape index (κ3) is 4.50. The van der Waals surface area contributed by atoms with E-state index in [-0.39, 0.29) is 12.2 Å². The Balaban J connectivity index is 1.54. The molecule has 4 rings (SSSR count). The highest BCUT2D eigenvalue weighted by atomic mass is 16.2. The van der Waals surface area contributed by atoms with Gasteiger partial charge in [0.1, 0.15) is 12.2 Å². The van der Waals surface area contributed by atoms with E-state index in [1.807, 2.05) is 45.0 Å². The number of hydrogen-bond acceptors (Lipinski definition) is 3. The van der Waals surface area contributed by atoms with E-state index in [9.17, 15) is 14.4 Å². The van der Waals surface area contributed by atoms with Gasteiger partial charge in [0.05, 0.1) is 0 Å². The number of carbonyl (C=O) groups excluding carboxylic acids is 3. The number of anilines is 1. The maximum Gasteiger partial charge on any atom is 0.329 e. The number of amides is 4. The number of aromatic nitrogens is 1. The Labute approximate surface area is 199 Å². The summed E-state index contributed by atoms with van der Waals surface area (Å²) in [7, 11) is 0. The number of aryl methyl sites for hydroxylation is 4. The van der Waals surface area contributed by atoms with Crippen LogP contribution in [0.3, 0.4) is 0 Å². The third-order valence-corrected chi connectivity index (χ3v) is 6.08. The van der Waals surface area contributed by atoms with E-state index in [0.29, 0.717) is 5.69 Å². The van der Waals surface area contributed by atoms with Crippen molar-refractivity contribution < 1.29 is 14.4 Å². The molecule has 0 bridgehead atoms. The van der Waals surface area contributed by atoms with Crippen molar-refractivity contribution in [1.29, 1.82) is 0 Å². The molecule has 7 heteroatoms. The number of benzene rings is 2. The van der Waals surface area contributed by atoms with Crippen LogP contribution in [0.5, 0.6) is 0 Å². The predicted octanol–water partition coefficient (Wildman–Crippen LogP) is 4.55. The molecule has 0 radical (unpaired) electrons. The van der Waals surface area contributed by atoms with Crippen LogP contribution in [-0.2, 0) is 9.59 Å². The standard InChI is InChI=1S/C27H28N4O3/c1-16-7-6-8-22(11-16)28-25(32)15-30-26(33)24(29-27(30)34)14-21-13-19(4)31(20(21)5)23-10-9-17(2)18(3)12-23/h6-14H,15H2,1-5H3,(H,28,32)(H,29,34)/b24-14-. The summed E-state index contributed by atoms with van der Waals surface area (Å²) in [6, 6.07) is 15.0. The molecule has 1 fully saturated rings. The van der Waals surface area contributed by atoms with Crippen molar-refractivity contribution in [3.63, 3.8) is 0 Å². The van der Waals surface area contributed by atoms with Crippen LogP contribution in [-0.4, -0.2) is 33.9 Å². The maximum absolute atomic E-state index is 12.9. The number of carbonyl (C=O) groups is 3. The van der Waals surface area contributed by atoms with Gasteiger partial charge in [-0.3, -0.25) is 9.59 Å². The molecule has 174 valence electrons. The minimum absolute atomic E-state index is 0.147. The Morgan fingerprint density at radius 3 is 2.44 bits per heavy atom. The fourth-order valence-corrected chi connectivity index (χ4v) is 4.13. The molecule has 1 aromatic heterocycles. The van der Waals surface area contributed by atoms with E-state index < -0.39 is 17.8 Å². The molecule has 4 amide bonds. The zero-order chi connectivity index (χ0) is 24.6. The molecule has 0 saturated carbocycles. The third-order valence-electron chi connectivity index (χ3n) is 6.08. The average Bonchev–Trinajstić information content (AvgIpc) is 3.19.